The van der Waals surface area contributed by atoms with Gasteiger partial charge in [-0.05, 0) is 67.6 Å². The number of hydrogen-bond donors (Lipinski definition) is 1. The van der Waals surface area contributed by atoms with Gasteiger partial charge in [-0.25, -0.2) is 13.1 Å². The number of nitrogens with one attached hydrogen (secondary N) is 1. The minimum atomic E-state index is -3.55. The van der Waals surface area contributed by atoms with E-state index in [1.54, 1.807) is 24.3 Å². The summed E-state index contributed by atoms with van der Waals surface area (Å²) in [5.41, 5.74) is 0.967. The summed E-state index contributed by atoms with van der Waals surface area (Å²) in [6.45, 7) is 8.32. The van der Waals surface area contributed by atoms with Crippen molar-refractivity contribution in [2.75, 3.05) is 6.54 Å². The van der Waals surface area contributed by atoms with Crippen LogP contribution in [0.5, 0.6) is 5.75 Å². The highest BCUT2D eigenvalue weighted by molar-refractivity contribution is 9.10. The molecule has 0 heterocycles. The Balaban J connectivity index is 2.00. The van der Waals surface area contributed by atoms with E-state index < -0.39 is 10.0 Å². The molecule has 0 aromatic heterocycles. The van der Waals surface area contributed by atoms with Crippen molar-refractivity contribution in [3.63, 3.8) is 0 Å². The lowest BCUT2D eigenvalue weighted by molar-refractivity contribution is 0.242. The van der Waals surface area contributed by atoms with Crippen LogP contribution in [0.2, 0.25) is 0 Å². The summed E-state index contributed by atoms with van der Waals surface area (Å²) >= 11 is 3.43. The van der Waals surface area contributed by atoms with Gasteiger partial charge >= 0.3 is 0 Å². The van der Waals surface area contributed by atoms with Crippen molar-refractivity contribution >= 4 is 26.0 Å². The fourth-order valence-electron chi connectivity index (χ4n) is 2.56. The van der Waals surface area contributed by atoms with Crippen LogP contribution in [0.3, 0.4) is 0 Å². The molecular weight excluding hydrogens is 414 g/mol. The Kier molecular flexibility index (Phi) is 6.88. The van der Waals surface area contributed by atoms with Crippen molar-refractivity contribution in [1.29, 1.82) is 0 Å². The minimum absolute atomic E-state index is 0.0509. The van der Waals surface area contributed by atoms with Gasteiger partial charge in [-0.3, -0.25) is 0 Å². The van der Waals surface area contributed by atoms with Crippen molar-refractivity contribution in [3.8, 4) is 5.75 Å². The lowest BCUT2D eigenvalue weighted by atomic mass is 9.86. The summed E-state index contributed by atoms with van der Waals surface area (Å²) in [4.78, 5) is 0.244. The van der Waals surface area contributed by atoms with Gasteiger partial charge in [0.1, 0.15) is 5.75 Å². The van der Waals surface area contributed by atoms with Crippen molar-refractivity contribution in [2.45, 2.75) is 45.1 Å². The smallest absolute Gasteiger partial charge is 0.240 e. The van der Waals surface area contributed by atoms with E-state index in [0.29, 0.717) is 12.3 Å². The molecule has 0 amide bonds. The van der Waals surface area contributed by atoms with E-state index in [-0.39, 0.29) is 16.4 Å². The van der Waals surface area contributed by atoms with Gasteiger partial charge in [0.2, 0.25) is 10.0 Å². The zero-order valence-corrected chi connectivity index (χ0v) is 18.0. The third kappa shape index (κ3) is 6.41. The molecule has 2 aromatic carbocycles. The predicted octanol–water partition coefficient (Wildman–Crippen LogP) is 4.78. The first-order chi connectivity index (χ1) is 12.1. The molecule has 0 radical (unpaired) electrons. The summed E-state index contributed by atoms with van der Waals surface area (Å²) in [6, 6.07) is 14.6. The van der Waals surface area contributed by atoms with Gasteiger partial charge in [0.05, 0.1) is 11.0 Å². The molecule has 1 N–H and O–H groups in total. The number of benzene rings is 2. The standard InChI is InChI=1S/C20H26BrNO3S/c1-15(2)25-18-9-11-19(12-10-18)26(23,24)22-14-20(3,4)13-16-5-7-17(21)8-6-16/h5-12,15,22H,13-14H2,1-4H3. The van der Waals surface area contributed by atoms with Crippen LogP contribution in [0, 0.1) is 5.41 Å². The molecule has 0 spiro atoms. The highest BCUT2D eigenvalue weighted by atomic mass is 79.9. The topological polar surface area (TPSA) is 55.4 Å². The number of ether oxygens (including phenoxy) is 1. The normalized spacial score (nSPS) is 12.4. The maximum Gasteiger partial charge on any atom is 0.240 e. The van der Waals surface area contributed by atoms with Crippen LogP contribution in [0.4, 0.5) is 0 Å². The molecule has 0 saturated heterocycles. The van der Waals surface area contributed by atoms with Gasteiger partial charge < -0.3 is 4.74 Å². The van der Waals surface area contributed by atoms with Crippen LogP contribution in [0.1, 0.15) is 33.3 Å². The Labute approximate surface area is 165 Å². The second-order valence-corrected chi connectivity index (χ2v) is 10.1. The van der Waals surface area contributed by atoms with Crippen LogP contribution < -0.4 is 9.46 Å². The summed E-state index contributed by atoms with van der Waals surface area (Å²) in [7, 11) is -3.55. The third-order valence-electron chi connectivity index (χ3n) is 3.84. The molecule has 142 valence electrons. The Hall–Kier alpha value is -1.37. The maximum atomic E-state index is 12.6. The molecule has 2 aromatic rings. The Morgan fingerprint density at radius 1 is 1.04 bits per heavy atom. The van der Waals surface area contributed by atoms with Gasteiger partial charge in [0.25, 0.3) is 0 Å². The molecule has 0 fully saturated rings. The molecule has 0 aliphatic carbocycles. The van der Waals surface area contributed by atoms with Crippen molar-refractivity contribution < 1.29 is 13.2 Å². The molecule has 0 saturated carbocycles. The van der Waals surface area contributed by atoms with Crippen molar-refractivity contribution in [3.05, 3.63) is 58.6 Å². The SMILES string of the molecule is CC(C)Oc1ccc(S(=O)(=O)NCC(C)(C)Cc2ccc(Br)cc2)cc1. The van der Waals surface area contributed by atoms with Crippen molar-refractivity contribution in [1.82, 2.24) is 4.72 Å². The first kappa shape index (κ1) is 20.9. The number of sulfonamides is 1. The lowest BCUT2D eigenvalue weighted by Gasteiger charge is -2.25. The van der Waals surface area contributed by atoms with Crippen LogP contribution in [-0.4, -0.2) is 21.1 Å². The Morgan fingerprint density at radius 3 is 2.15 bits per heavy atom. The van der Waals surface area contributed by atoms with E-state index in [1.807, 2.05) is 38.1 Å². The maximum absolute atomic E-state index is 12.6. The first-order valence-electron chi connectivity index (χ1n) is 8.58. The van der Waals surface area contributed by atoms with Crippen LogP contribution in [0.25, 0.3) is 0 Å². The van der Waals surface area contributed by atoms with Crippen molar-refractivity contribution in [2.24, 2.45) is 5.41 Å². The summed E-state index contributed by atoms with van der Waals surface area (Å²) in [5.74, 6) is 0.662. The molecule has 0 atom stereocenters. The minimum Gasteiger partial charge on any atom is -0.491 e. The highest BCUT2D eigenvalue weighted by Crippen LogP contribution is 2.23. The molecule has 0 bridgehead atoms. The molecule has 0 aliphatic rings. The zero-order valence-electron chi connectivity index (χ0n) is 15.6. The van der Waals surface area contributed by atoms with Crippen LogP contribution in [0.15, 0.2) is 57.9 Å². The lowest BCUT2D eigenvalue weighted by Crippen LogP contribution is -2.35. The Bertz CT molecular complexity index is 813. The van der Waals surface area contributed by atoms with E-state index in [1.165, 1.54) is 5.56 Å². The predicted molar refractivity (Wildman–Crippen MR) is 109 cm³/mol. The van der Waals surface area contributed by atoms with E-state index in [4.69, 9.17) is 4.74 Å². The molecule has 6 heteroatoms. The number of hydrogen-bond acceptors (Lipinski definition) is 3. The third-order valence-corrected chi connectivity index (χ3v) is 5.79. The summed E-state index contributed by atoms with van der Waals surface area (Å²) in [5, 5.41) is 0. The fraction of sp³-hybridized carbons (Fsp3) is 0.400. The highest BCUT2D eigenvalue weighted by Gasteiger charge is 2.23. The molecule has 26 heavy (non-hydrogen) atoms. The monoisotopic (exact) mass is 439 g/mol. The second-order valence-electron chi connectivity index (χ2n) is 7.43. The first-order valence-corrected chi connectivity index (χ1v) is 10.9. The van der Waals surface area contributed by atoms with E-state index in [2.05, 4.69) is 34.5 Å². The van der Waals surface area contributed by atoms with Gasteiger partial charge in [0.15, 0.2) is 0 Å². The molecule has 2 rings (SSSR count). The van der Waals surface area contributed by atoms with E-state index in [9.17, 15) is 8.42 Å². The summed E-state index contributed by atoms with van der Waals surface area (Å²) in [6.07, 6.45) is 0.833. The van der Waals surface area contributed by atoms with E-state index >= 15 is 0 Å². The van der Waals surface area contributed by atoms with Gasteiger partial charge in [-0.1, -0.05) is 41.9 Å². The average Bonchev–Trinajstić information content (AvgIpc) is 2.55. The van der Waals surface area contributed by atoms with Gasteiger partial charge in [-0.15, -0.1) is 0 Å². The molecule has 4 nitrogen and oxygen atoms in total. The molecule has 0 aliphatic heterocycles. The van der Waals surface area contributed by atoms with Crippen LogP contribution in [-0.2, 0) is 16.4 Å². The molecule has 0 unspecified atom stereocenters. The van der Waals surface area contributed by atoms with Crippen LogP contribution >= 0.6 is 15.9 Å². The molecular formula is C20H26BrNO3S. The van der Waals surface area contributed by atoms with Gasteiger partial charge in [0, 0.05) is 11.0 Å². The fourth-order valence-corrected chi connectivity index (χ4v) is 4.07. The second kappa shape index (κ2) is 8.55. The van der Waals surface area contributed by atoms with Gasteiger partial charge in [-0.2, -0.15) is 0 Å². The zero-order chi connectivity index (χ0) is 19.4. The number of halogens is 1. The number of rotatable bonds is 8. The van der Waals surface area contributed by atoms with E-state index in [0.717, 1.165) is 10.9 Å². The quantitative estimate of drug-likeness (QED) is 0.643. The largest absolute Gasteiger partial charge is 0.491 e. The Morgan fingerprint density at radius 2 is 1.62 bits per heavy atom. The average molecular weight is 440 g/mol. The summed E-state index contributed by atoms with van der Waals surface area (Å²) < 4.78 is 34.4.